The summed E-state index contributed by atoms with van der Waals surface area (Å²) in [5.74, 6) is -1.17. The van der Waals surface area contributed by atoms with Crippen LogP contribution in [0.2, 0.25) is 0 Å². The molecule has 0 fully saturated rings. The molecule has 0 aliphatic heterocycles. The number of carbonyl (C=O) groups is 2. The number of thiazole rings is 1. The molecule has 2 aromatic rings. The minimum Gasteiger partial charge on any atom is -0.478 e. The topological polar surface area (TPSA) is 79.3 Å². The summed E-state index contributed by atoms with van der Waals surface area (Å²) in [5, 5.41) is 11.4. The number of hydrogen-bond donors (Lipinski definition) is 2. The second kappa shape index (κ2) is 6.44. The van der Waals surface area contributed by atoms with Crippen LogP contribution >= 0.6 is 22.7 Å². The van der Waals surface area contributed by atoms with Gasteiger partial charge in [0, 0.05) is 22.0 Å². The zero-order valence-electron chi connectivity index (χ0n) is 10.6. The molecule has 0 atom stereocenters. The minimum absolute atomic E-state index is 0.165. The molecule has 0 aliphatic carbocycles. The van der Waals surface area contributed by atoms with Crippen LogP contribution in [0.15, 0.2) is 23.8 Å². The number of aryl methyl sites for hydroxylation is 1. The smallest absolute Gasteiger partial charge is 0.328 e. The summed E-state index contributed by atoms with van der Waals surface area (Å²) in [5.41, 5.74) is 2.60. The van der Waals surface area contributed by atoms with Crippen LogP contribution in [0.5, 0.6) is 0 Å². The average molecular weight is 308 g/mol. The summed E-state index contributed by atoms with van der Waals surface area (Å²) in [4.78, 5) is 28.7. The molecule has 0 radical (unpaired) electrons. The highest BCUT2D eigenvalue weighted by Gasteiger charge is 2.11. The lowest BCUT2D eigenvalue weighted by Crippen LogP contribution is -2.21. The van der Waals surface area contributed by atoms with Crippen LogP contribution in [0.25, 0.3) is 6.08 Å². The van der Waals surface area contributed by atoms with E-state index in [-0.39, 0.29) is 5.91 Å². The van der Waals surface area contributed by atoms with Crippen LogP contribution < -0.4 is 5.32 Å². The molecule has 104 valence electrons. The van der Waals surface area contributed by atoms with Gasteiger partial charge < -0.3 is 10.4 Å². The lowest BCUT2D eigenvalue weighted by molar-refractivity contribution is -0.131. The van der Waals surface area contributed by atoms with Crippen molar-refractivity contribution in [1.29, 1.82) is 0 Å². The Morgan fingerprint density at radius 3 is 2.95 bits per heavy atom. The van der Waals surface area contributed by atoms with Gasteiger partial charge in [-0.1, -0.05) is 0 Å². The molecule has 2 heterocycles. The second-order valence-electron chi connectivity index (χ2n) is 3.98. The third-order valence-corrected chi connectivity index (χ3v) is 4.44. The molecular formula is C13H12N2O3S2. The van der Waals surface area contributed by atoms with Crippen molar-refractivity contribution in [2.45, 2.75) is 13.5 Å². The van der Waals surface area contributed by atoms with Crippen molar-refractivity contribution in [1.82, 2.24) is 10.3 Å². The Morgan fingerprint density at radius 2 is 2.30 bits per heavy atom. The molecule has 0 saturated carbocycles. The van der Waals surface area contributed by atoms with E-state index >= 15 is 0 Å². The monoisotopic (exact) mass is 308 g/mol. The first kappa shape index (κ1) is 14.4. The van der Waals surface area contributed by atoms with E-state index in [1.807, 2.05) is 6.92 Å². The summed E-state index contributed by atoms with van der Waals surface area (Å²) < 4.78 is 0. The van der Waals surface area contributed by atoms with Gasteiger partial charge in [0.05, 0.1) is 16.9 Å². The number of carbonyl (C=O) groups excluding carboxylic acids is 1. The van der Waals surface area contributed by atoms with E-state index in [0.717, 1.165) is 21.4 Å². The standard InChI is InChI=1S/C13H12N2O3S2/c1-8-4-11(20-10(8)2-3-12(16)17)13(18)15-6-9-5-14-7-19-9/h2-5,7H,6H2,1H3,(H,15,18)(H,16,17)/b3-2+. The fraction of sp³-hybridized carbons (Fsp3) is 0.154. The number of hydrogen-bond acceptors (Lipinski definition) is 5. The fourth-order valence-corrected chi connectivity index (χ4v) is 3.03. The number of aromatic nitrogens is 1. The Labute approximate surface area is 123 Å². The van der Waals surface area contributed by atoms with E-state index in [1.165, 1.54) is 28.7 Å². The van der Waals surface area contributed by atoms with Crippen LogP contribution in [0.3, 0.4) is 0 Å². The maximum Gasteiger partial charge on any atom is 0.328 e. The normalized spacial score (nSPS) is 10.8. The van der Waals surface area contributed by atoms with Crippen molar-refractivity contribution in [2.24, 2.45) is 0 Å². The maximum atomic E-state index is 12.0. The van der Waals surface area contributed by atoms with Gasteiger partial charge in [-0.05, 0) is 24.6 Å². The summed E-state index contributed by atoms with van der Waals surface area (Å²) in [6, 6.07) is 1.76. The van der Waals surface area contributed by atoms with Crippen molar-refractivity contribution < 1.29 is 14.7 Å². The van der Waals surface area contributed by atoms with Gasteiger partial charge in [-0.2, -0.15) is 0 Å². The molecule has 2 rings (SSSR count). The van der Waals surface area contributed by atoms with Crippen molar-refractivity contribution in [3.05, 3.63) is 44.0 Å². The first-order valence-electron chi connectivity index (χ1n) is 5.73. The predicted octanol–water partition coefficient (Wildman–Crippen LogP) is 2.54. The van der Waals surface area contributed by atoms with Crippen LogP contribution in [0, 0.1) is 6.92 Å². The Morgan fingerprint density at radius 1 is 1.50 bits per heavy atom. The zero-order valence-corrected chi connectivity index (χ0v) is 12.3. The van der Waals surface area contributed by atoms with Gasteiger partial charge >= 0.3 is 5.97 Å². The lowest BCUT2D eigenvalue weighted by Gasteiger charge is -1.99. The van der Waals surface area contributed by atoms with E-state index in [0.29, 0.717) is 11.4 Å². The molecule has 7 heteroatoms. The molecule has 0 aromatic carbocycles. The van der Waals surface area contributed by atoms with Gasteiger partial charge in [0.2, 0.25) is 0 Å². The second-order valence-corrected chi connectivity index (χ2v) is 6.03. The largest absolute Gasteiger partial charge is 0.478 e. The molecule has 2 aromatic heterocycles. The van der Waals surface area contributed by atoms with Crippen LogP contribution in [-0.4, -0.2) is 22.0 Å². The van der Waals surface area contributed by atoms with Crippen LogP contribution in [-0.2, 0) is 11.3 Å². The van der Waals surface area contributed by atoms with E-state index in [4.69, 9.17) is 5.11 Å². The van der Waals surface area contributed by atoms with Crippen molar-refractivity contribution in [3.8, 4) is 0 Å². The highest BCUT2D eigenvalue weighted by Crippen LogP contribution is 2.23. The molecule has 20 heavy (non-hydrogen) atoms. The van der Waals surface area contributed by atoms with Crippen LogP contribution in [0.1, 0.15) is 25.0 Å². The third kappa shape index (κ3) is 3.75. The molecular weight excluding hydrogens is 296 g/mol. The Hall–Kier alpha value is -1.99. The molecule has 0 saturated heterocycles. The number of nitrogens with zero attached hydrogens (tertiary/aromatic N) is 1. The summed E-state index contributed by atoms with van der Waals surface area (Å²) >= 11 is 2.75. The molecule has 0 spiro atoms. The summed E-state index contributed by atoms with van der Waals surface area (Å²) in [7, 11) is 0. The van der Waals surface area contributed by atoms with E-state index in [9.17, 15) is 9.59 Å². The van der Waals surface area contributed by atoms with Gasteiger partial charge in [0.15, 0.2) is 0 Å². The quantitative estimate of drug-likeness (QED) is 0.832. The number of amides is 1. The van der Waals surface area contributed by atoms with Crippen LogP contribution in [0.4, 0.5) is 0 Å². The van der Waals surface area contributed by atoms with Gasteiger partial charge in [-0.3, -0.25) is 9.78 Å². The van der Waals surface area contributed by atoms with E-state index < -0.39 is 5.97 Å². The van der Waals surface area contributed by atoms with Gasteiger partial charge in [-0.25, -0.2) is 4.79 Å². The summed E-state index contributed by atoms with van der Waals surface area (Å²) in [6.07, 6.45) is 4.28. The van der Waals surface area contributed by atoms with Gasteiger partial charge in [0.1, 0.15) is 0 Å². The van der Waals surface area contributed by atoms with Crippen molar-refractivity contribution >= 4 is 40.6 Å². The zero-order chi connectivity index (χ0) is 14.5. The number of rotatable bonds is 5. The first-order chi connectivity index (χ1) is 9.56. The molecule has 1 amide bonds. The van der Waals surface area contributed by atoms with Crippen molar-refractivity contribution in [3.63, 3.8) is 0 Å². The minimum atomic E-state index is -1.01. The van der Waals surface area contributed by atoms with Gasteiger partial charge in [-0.15, -0.1) is 22.7 Å². The highest BCUT2D eigenvalue weighted by molar-refractivity contribution is 7.15. The Bertz CT molecular complexity index is 645. The van der Waals surface area contributed by atoms with Gasteiger partial charge in [0.25, 0.3) is 5.91 Å². The van der Waals surface area contributed by atoms with E-state index in [2.05, 4.69) is 10.3 Å². The molecule has 5 nitrogen and oxygen atoms in total. The fourth-order valence-electron chi connectivity index (χ4n) is 1.50. The maximum absolute atomic E-state index is 12.0. The number of carboxylic acid groups (broad SMARTS) is 1. The predicted molar refractivity (Wildman–Crippen MR) is 79.0 cm³/mol. The third-order valence-electron chi connectivity index (χ3n) is 2.46. The first-order valence-corrected chi connectivity index (χ1v) is 7.43. The molecule has 0 unspecified atom stereocenters. The number of aliphatic carboxylic acids is 1. The van der Waals surface area contributed by atoms with Crippen molar-refractivity contribution in [2.75, 3.05) is 0 Å². The lowest BCUT2D eigenvalue weighted by atomic mass is 10.2. The number of thiophene rings is 1. The molecule has 0 bridgehead atoms. The summed E-state index contributed by atoms with van der Waals surface area (Å²) in [6.45, 7) is 2.29. The number of carboxylic acids is 1. The highest BCUT2D eigenvalue weighted by atomic mass is 32.1. The Kier molecular flexibility index (Phi) is 4.65. The number of nitrogens with one attached hydrogen (secondary N) is 1. The van der Waals surface area contributed by atoms with E-state index in [1.54, 1.807) is 17.8 Å². The molecule has 2 N–H and O–H groups in total. The SMILES string of the molecule is Cc1cc(C(=O)NCc2cncs2)sc1/C=C/C(=O)O. The molecule has 0 aliphatic rings. The Balaban J connectivity index is 2.03. The average Bonchev–Trinajstić information content (AvgIpc) is 3.03.